The number of nitrogens with one attached hydrogen (secondary N) is 1. The van der Waals surface area contributed by atoms with Gasteiger partial charge in [0.25, 0.3) is 0 Å². The maximum atomic E-state index is 11.2. The molecule has 120 valence electrons. The second-order valence-corrected chi connectivity index (χ2v) is 5.50. The van der Waals surface area contributed by atoms with Crippen molar-refractivity contribution in [2.24, 2.45) is 5.73 Å². The number of carbonyl (C=O) groups is 1. The molecule has 1 amide bonds. The minimum absolute atomic E-state index is 0.447. The molecule has 3 rings (SSSR count). The molecule has 0 saturated carbocycles. The van der Waals surface area contributed by atoms with Crippen LogP contribution in [0.3, 0.4) is 0 Å². The molecule has 1 aromatic heterocycles. The van der Waals surface area contributed by atoms with Crippen LogP contribution in [0.15, 0.2) is 60.7 Å². The molecule has 0 radical (unpaired) electrons. The lowest BCUT2D eigenvalue weighted by Crippen LogP contribution is -2.10. The molecule has 3 N–H and O–H groups in total. The third-order valence-corrected chi connectivity index (χ3v) is 3.60. The highest BCUT2D eigenvalue weighted by atomic mass is 16.1. The fraction of sp³-hybridized carbons (Fsp3) is 0.105. The molecule has 0 aliphatic heterocycles. The Bertz CT molecular complexity index is 845. The van der Waals surface area contributed by atoms with Crippen LogP contribution >= 0.6 is 0 Å². The number of aryl methyl sites for hydroxylation is 1. The van der Waals surface area contributed by atoms with Gasteiger partial charge in [-0.2, -0.15) is 0 Å². The minimum Gasteiger partial charge on any atom is -0.366 e. The zero-order chi connectivity index (χ0) is 16.9. The number of hydrogen-bond acceptors (Lipinski definition) is 4. The summed E-state index contributed by atoms with van der Waals surface area (Å²) < 4.78 is 0. The van der Waals surface area contributed by atoms with Crippen molar-refractivity contribution in [3.8, 4) is 11.4 Å². The van der Waals surface area contributed by atoms with Crippen LogP contribution in [0.25, 0.3) is 11.4 Å². The summed E-state index contributed by atoms with van der Waals surface area (Å²) in [6, 6.07) is 19.0. The van der Waals surface area contributed by atoms with Crippen LogP contribution < -0.4 is 11.1 Å². The molecule has 24 heavy (non-hydrogen) atoms. The summed E-state index contributed by atoms with van der Waals surface area (Å²) in [4.78, 5) is 20.2. The van der Waals surface area contributed by atoms with E-state index in [-0.39, 0.29) is 0 Å². The Morgan fingerprint density at radius 2 is 1.75 bits per heavy atom. The lowest BCUT2D eigenvalue weighted by Gasteiger charge is -2.09. The number of amides is 1. The second kappa shape index (κ2) is 6.91. The Balaban J connectivity index is 1.82. The van der Waals surface area contributed by atoms with E-state index in [1.807, 2.05) is 31.2 Å². The lowest BCUT2D eigenvalue weighted by atomic mass is 10.1. The average Bonchev–Trinajstić information content (AvgIpc) is 2.60. The fourth-order valence-corrected chi connectivity index (χ4v) is 2.36. The number of primary amides is 1. The monoisotopic (exact) mass is 318 g/mol. The number of carbonyl (C=O) groups excluding carboxylic acids is 1. The molecule has 0 unspecified atom stereocenters. The molecule has 0 aliphatic carbocycles. The smallest absolute Gasteiger partial charge is 0.248 e. The van der Waals surface area contributed by atoms with Crippen LogP contribution in [-0.2, 0) is 6.54 Å². The van der Waals surface area contributed by atoms with Gasteiger partial charge in [0.2, 0.25) is 5.91 Å². The predicted octanol–water partition coefficient (Wildman–Crippen LogP) is 3.16. The topological polar surface area (TPSA) is 80.9 Å². The molecule has 0 bridgehead atoms. The van der Waals surface area contributed by atoms with E-state index in [2.05, 4.69) is 27.4 Å². The molecule has 0 aliphatic rings. The number of hydrogen-bond donors (Lipinski definition) is 2. The van der Waals surface area contributed by atoms with Gasteiger partial charge in [0.05, 0.1) is 0 Å². The standard InChI is InChI=1S/C19H18N4O/c1-13-11-17(21-12-14-5-3-2-4-6-14)23-19(22-13)16-9-7-15(8-10-16)18(20)24/h2-11H,12H2,1H3,(H2,20,24)(H,21,22,23). The van der Waals surface area contributed by atoms with Gasteiger partial charge in [-0.1, -0.05) is 42.5 Å². The summed E-state index contributed by atoms with van der Waals surface area (Å²) in [5.74, 6) is 0.929. The van der Waals surface area contributed by atoms with Crippen molar-refractivity contribution >= 4 is 11.7 Å². The first-order valence-electron chi connectivity index (χ1n) is 7.65. The van der Waals surface area contributed by atoms with Gasteiger partial charge < -0.3 is 11.1 Å². The van der Waals surface area contributed by atoms with Crippen LogP contribution in [0, 0.1) is 6.92 Å². The number of rotatable bonds is 5. The van der Waals surface area contributed by atoms with Gasteiger partial charge >= 0.3 is 0 Å². The Morgan fingerprint density at radius 1 is 1.04 bits per heavy atom. The second-order valence-electron chi connectivity index (χ2n) is 5.50. The summed E-state index contributed by atoms with van der Waals surface area (Å²) in [6.07, 6.45) is 0. The van der Waals surface area contributed by atoms with E-state index in [0.717, 1.165) is 17.1 Å². The lowest BCUT2D eigenvalue weighted by molar-refractivity contribution is 0.100. The van der Waals surface area contributed by atoms with Crippen molar-refractivity contribution in [1.29, 1.82) is 0 Å². The number of benzene rings is 2. The number of nitrogens with two attached hydrogens (primary N) is 1. The van der Waals surface area contributed by atoms with Crippen molar-refractivity contribution in [3.05, 3.63) is 77.5 Å². The highest BCUT2D eigenvalue weighted by Gasteiger charge is 2.07. The van der Waals surface area contributed by atoms with E-state index < -0.39 is 5.91 Å². The van der Waals surface area contributed by atoms with Crippen LogP contribution in [0.4, 0.5) is 5.82 Å². The fourth-order valence-electron chi connectivity index (χ4n) is 2.36. The zero-order valence-corrected chi connectivity index (χ0v) is 13.4. The molecule has 2 aromatic carbocycles. The molecule has 0 saturated heterocycles. The summed E-state index contributed by atoms with van der Waals surface area (Å²) in [5.41, 5.74) is 8.62. The largest absolute Gasteiger partial charge is 0.366 e. The molecule has 1 heterocycles. The van der Waals surface area contributed by atoms with Crippen molar-refractivity contribution in [2.75, 3.05) is 5.32 Å². The zero-order valence-electron chi connectivity index (χ0n) is 13.4. The molecule has 0 atom stereocenters. The van der Waals surface area contributed by atoms with Crippen LogP contribution in [0.1, 0.15) is 21.6 Å². The van der Waals surface area contributed by atoms with E-state index >= 15 is 0 Å². The van der Waals surface area contributed by atoms with Crippen LogP contribution in [0.2, 0.25) is 0 Å². The molecular weight excluding hydrogens is 300 g/mol. The number of nitrogens with zero attached hydrogens (tertiary/aromatic N) is 2. The first-order chi connectivity index (χ1) is 11.6. The first-order valence-corrected chi connectivity index (χ1v) is 7.65. The summed E-state index contributed by atoms with van der Waals surface area (Å²) in [7, 11) is 0. The molecule has 0 fully saturated rings. The van der Waals surface area contributed by atoms with E-state index in [1.165, 1.54) is 5.56 Å². The van der Waals surface area contributed by atoms with E-state index in [9.17, 15) is 4.79 Å². The van der Waals surface area contributed by atoms with Gasteiger partial charge in [0.1, 0.15) is 5.82 Å². The number of aromatic nitrogens is 2. The molecule has 0 spiro atoms. The normalized spacial score (nSPS) is 10.4. The van der Waals surface area contributed by atoms with E-state index in [4.69, 9.17) is 5.73 Å². The van der Waals surface area contributed by atoms with Gasteiger partial charge in [-0.05, 0) is 24.6 Å². The minimum atomic E-state index is -0.447. The van der Waals surface area contributed by atoms with Gasteiger partial charge in [0, 0.05) is 29.4 Å². The predicted molar refractivity (Wildman–Crippen MR) is 94.5 cm³/mol. The van der Waals surface area contributed by atoms with Gasteiger partial charge in [0.15, 0.2) is 5.82 Å². The quantitative estimate of drug-likeness (QED) is 0.757. The molecular formula is C19H18N4O. The average molecular weight is 318 g/mol. The highest BCUT2D eigenvalue weighted by molar-refractivity contribution is 5.93. The van der Waals surface area contributed by atoms with E-state index in [1.54, 1.807) is 24.3 Å². The Labute approximate surface area is 140 Å². The Kier molecular flexibility index (Phi) is 4.52. The van der Waals surface area contributed by atoms with Crippen molar-refractivity contribution in [1.82, 2.24) is 9.97 Å². The number of anilines is 1. The van der Waals surface area contributed by atoms with Crippen LogP contribution in [-0.4, -0.2) is 15.9 Å². The summed E-state index contributed by atoms with van der Waals surface area (Å²) in [6.45, 7) is 2.62. The third-order valence-electron chi connectivity index (χ3n) is 3.60. The van der Waals surface area contributed by atoms with Gasteiger partial charge in [-0.25, -0.2) is 9.97 Å². The summed E-state index contributed by atoms with van der Waals surface area (Å²) >= 11 is 0. The Hall–Kier alpha value is -3.21. The van der Waals surface area contributed by atoms with Gasteiger partial charge in [-0.15, -0.1) is 0 Å². The maximum absolute atomic E-state index is 11.2. The van der Waals surface area contributed by atoms with Crippen molar-refractivity contribution in [3.63, 3.8) is 0 Å². The van der Waals surface area contributed by atoms with Crippen molar-refractivity contribution in [2.45, 2.75) is 13.5 Å². The van der Waals surface area contributed by atoms with Gasteiger partial charge in [-0.3, -0.25) is 4.79 Å². The van der Waals surface area contributed by atoms with E-state index in [0.29, 0.717) is 17.9 Å². The molecule has 3 aromatic rings. The maximum Gasteiger partial charge on any atom is 0.248 e. The Morgan fingerprint density at radius 3 is 2.42 bits per heavy atom. The molecule has 5 heteroatoms. The first kappa shape index (κ1) is 15.7. The third kappa shape index (κ3) is 3.76. The van der Waals surface area contributed by atoms with Crippen LogP contribution in [0.5, 0.6) is 0 Å². The molecule has 5 nitrogen and oxygen atoms in total. The highest BCUT2D eigenvalue weighted by Crippen LogP contribution is 2.19. The summed E-state index contributed by atoms with van der Waals surface area (Å²) in [5, 5.41) is 3.32. The van der Waals surface area contributed by atoms with Crippen molar-refractivity contribution < 1.29 is 4.79 Å². The SMILES string of the molecule is Cc1cc(NCc2ccccc2)nc(-c2ccc(C(N)=O)cc2)n1.